The van der Waals surface area contributed by atoms with Crippen molar-refractivity contribution in [3.8, 4) is 0 Å². The van der Waals surface area contributed by atoms with Gasteiger partial charge >= 0.3 is 0 Å². The lowest BCUT2D eigenvalue weighted by Gasteiger charge is -2.30. The Kier molecular flexibility index (Phi) is 6.57. The number of rotatable bonds is 6. The van der Waals surface area contributed by atoms with Gasteiger partial charge < -0.3 is 10.6 Å². The molecular weight excluding hydrogens is 408 g/mol. The molecule has 0 bridgehead atoms. The lowest BCUT2D eigenvalue weighted by atomic mass is 9.88. The third-order valence-corrected chi connectivity index (χ3v) is 7.73. The number of hydrogen-bond donors (Lipinski definition) is 1. The number of carbonyl (C=O) groups excluding carboxylic acids is 3. The van der Waals surface area contributed by atoms with Crippen LogP contribution in [-0.2, 0) is 24.4 Å². The molecule has 3 amide bonds. The molecular formula is C20H32N4O5S. The highest BCUT2D eigenvalue weighted by Crippen LogP contribution is 2.41. The van der Waals surface area contributed by atoms with E-state index < -0.39 is 33.9 Å². The highest BCUT2D eigenvalue weighted by molar-refractivity contribution is 7.88. The molecule has 3 atom stereocenters. The molecule has 0 saturated carbocycles. The number of sulfonamides is 1. The number of amides is 3. The molecule has 0 aromatic rings. The summed E-state index contributed by atoms with van der Waals surface area (Å²) in [7, 11) is -3.68. The van der Waals surface area contributed by atoms with Crippen LogP contribution in [0.3, 0.4) is 0 Å². The van der Waals surface area contributed by atoms with Crippen LogP contribution in [0.5, 0.6) is 0 Å². The number of carbonyl (C=O) groups is 3. The Bertz CT molecular complexity index is 832. The molecule has 3 aliphatic rings. The smallest absolute Gasteiger partial charge is 0.246 e. The van der Waals surface area contributed by atoms with Gasteiger partial charge in [0.2, 0.25) is 27.7 Å². The van der Waals surface area contributed by atoms with Crippen molar-refractivity contribution in [1.29, 1.82) is 0 Å². The van der Waals surface area contributed by atoms with Gasteiger partial charge in [-0.25, -0.2) is 12.7 Å². The monoisotopic (exact) mass is 440 g/mol. The maximum absolute atomic E-state index is 12.9. The molecule has 2 N–H and O–H groups in total. The molecule has 0 spiro atoms. The van der Waals surface area contributed by atoms with Crippen LogP contribution in [-0.4, -0.2) is 84.8 Å². The van der Waals surface area contributed by atoms with Gasteiger partial charge in [0.25, 0.3) is 0 Å². The Morgan fingerprint density at radius 2 is 1.80 bits per heavy atom. The standard InChI is InChI=1S/C20H32N4O5S/c1-13(2)17-18-15(24(20(17)27)30(3,28)29)8-12-23(18)16(25)5-4-9-22-10-6-14(7-11-22)19(21)26/h4-5,13-15,17-18H,6-12H2,1-3H3,(H2,21,26)/b5-4+/t15-,17+,18-/m0/s1. The van der Waals surface area contributed by atoms with Gasteiger partial charge in [-0.15, -0.1) is 0 Å². The van der Waals surface area contributed by atoms with Gasteiger partial charge in [-0.3, -0.25) is 19.3 Å². The van der Waals surface area contributed by atoms with Gasteiger partial charge in [0.05, 0.1) is 24.3 Å². The zero-order valence-electron chi connectivity index (χ0n) is 17.9. The Balaban J connectivity index is 1.65. The fraction of sp³-hybridized carbons (Fsp3) is 0.750. The number of piperidine rings is 1. The third-order valence-electron chi connectivity index (χ3n) is 6.56. The van der Waals surface area contributed by atoms with Gasteiger partial charge in [-0.05, 0) is 38.3 Å². The van der Waals surface area contributed by atoms with Crippen molar-refractivity contribution < 1.29 is 22.8 Å². The van der Waals surface area contributed by atoms with Crippen LogP contribution in [0, 0.1) is 17.8 Å². The van der Waals surface area contributed by atoms with E-state index in [-0.39, 0.29) is 23.7 Å². The van der Waals surface area contributed by atoms with Gasteiger partial charge in [0.1, 0.15) is 0 Å². The quantitative estimate of drug-likeness (QED) is 0.570. The van der Waals surface area contributed by atoms with Gasteiger partial charge in [-0.2, -0.15) is 0 Å². The van der Waals surface area contributed by atoms with Crippen molar-refractivity contribution in [2.24, 2.45) is 23.5 Å². The number of likely N-dealkylation sites (tertiary alicyclic amines) is 2. The lowest BCUT2D eigenvalue weighted by molar-refractivity contribution is -0.131. The number of nitrogens with zero attached hydrogens (tertiary/aromatic N) is 3. The predicted molar refractivity (Wildman–Crippen MR) is 111 cm³/mol. The first kappa shape index (κ1) is 22.7. The van der Waals surface area contributed by atoms with Crippen LogP contribution >= 0.6 is 0 Å². The maximum atomic E-state index is 12.9. The molecule has 3 rings (SSSR count). The minimum Gasteiger partial charge on any atom is -0.369 e. The molecule has 0 aromatic heterocycles. The van der Waals surface area contributed by atoms with E-state index in [1.165, 1.54) is 6.08 Å². The summed E-state index contributed by atoms with van der Waals surface area (Å²) in [4.78, 5) is 40.8. The fourth-order valence-corrected chi connectivity index (χ4v) is 6.26. The second-order valence-electron chi connectivity index (χ2n) is 8.92. The molecule has 0 unspecified atom stereocenters. The van der Waals surface area contributed by atoms with E-state index in [2.05, 4.69) is 4.90 Å². The molecule has 0 radical (unpaired) electrons. The van der Waals surface area contributed by atoms with E-state index in [0.717, 1.165) is 36.5 Å². The summed E-state index contributed by atoms with van der Waals surface area (Å²) in [5.41, 5.74) is 5.36. The van der Waals surface area contributed by atoms with E-state index in [1.807, 2.05) is 13.8 Å². The molecule has 30 heavy (non-hydrogen) atoms. The summed E-state index contributed by atoms with van der Waals surface area (Å²) in [5.74, 6) is -1.50. The van der Waals surface area contributed by atoms with Gasteiger partial charge in [0, 0.05) is 25.1 Å². The van der Waals surface area contributed by atoms with Gasteiger partial charge in [0.15, 0.2) is 0 Å². The Hall–Kier alpha value is -1.94. The van der Waals surface area contributed by atoms with Crippen LogP contribution in [0.1, 0.15) is 33.1 Å². The third kappa shape index (κ3) is 4.39. The van der Waals surface area contributed by atoms with E-state index in [0.29, 0.717) is 19.5 Å². The first-order valence-electron chi connectivity index (χ1n) is 10.5. The van der Waals surface area contributed by atoms with Crippen molar-refractivity contribution in [3.05, 3.63) is 12.2 Å². The van der Waals surface area contributed by atoms with Gasteiger partial charge in [-0.1, -0.05) is 19.9 Å². The van der Waals surface area contributed by atoms with E-state index in [4.69, 9.17) is 5.73 Å². The van der Waals surface area contributed by atoms with Crippen molar-refractivity contribution in [1.82, 2.24) is 14.1 Å². The summed E-state index contributed by atoms with van der Waals surface area (Å²) in [6.07, 6.45) is 6.30. The Morgan fingerprint density at radius 3 is 2.33 bits per heavy atom. The normalized spacial score (nSPS) is 28.7. The van der Waals surface area contributed by atoms with E-state index >= 15 is 0 Å². The number of fused-ring (bicyclic) bond motifs is 1. The highest BCUT2D eigenvalue weighted by Gasteiger charge is 2.58. The van der Waals surface area contributed by atoms with Crippen molar-refractivity contribution in [2.45, 2.75) is 45.2 Å². The lowest BCUT2D eigenvalue weighted by Crippen LogP contribution is -2.43. The van der Waals surface area contributed by atoms with Crippen molar-refractivity contribution in [3.63, 3.8) is 0 Å². The predicted octanol–water partition coefficient (Wildman–Crippen LogP) is -0.217. The molecule has 3 fully saturated rings. The fourth-order valence-electron chi connectivity index (χ4n) is 5.09. The number of hydrogen-bond acceptors (Lipinski definition) is 6. The van der Waals surface area contributed by atoms with Crippen LogP contribution in [0.25, 0.3) is 0 Å². The zero-order valence-corrected chi connectivity index (χ0v) is 18.7. The van der Waals surface area contributed by atoms with Crippen molar-refractivity contribution >= 4 is 27.7 Å². The Labute approximate surface area is 178 Å². The number of primary amides is 1. The SMILES string of the molecule is CC(C)[C@H]1C(=O)N(S(C)(=O)=O)[C@H]2CCN(C(=O)/C=C/CN3CCC(C(N)=O)CC3)[C@H]12. The maximum Gasteiger partial charge on any atom is 0.246 e. The second kappa shape index (κ2) is 8.66. The zero-order chi connectivity index (χ0) is 22.2. The van der Waals surface area contributed by atoms with E-state index in [1.54, 1.807) is 11.0 Å². The number of nitrogens with two attached hydrogens (primary N) is 1. The second-order valence-corrected chi connectivity index (χ2v) is 10.8. The highest BCUT2D eigenvalue weighted by atomic mass is 32.2. The molecule has 10 heteroatoms. The average Bonchev–Trinajstić information content (AvgIpc) is 3.17. The minimum atomic E-state index is -3.68. The molecule has 0 aliphatic carbocycles. The summed E-state index contributed by atoms with van der Waals surface area (Å²) in [6, 6.07) is -0.902. The summed E-state index contributed by atoms with van der Waals surface area (Å²) >= 11 is 0. The van der Waals surface area contributed by atoms with Crippen LogP contribution in [0.15, 0.2) is 12.2 Å². The molecule has 3 aliphatic heterocycles. The molecule has 9 nitrogen and oxygen atoms in total. The summed E-state index contributed by atoms with van der Waals surface area (Å²) < 4.78 is 25.4. The van der Waals surface area contributed by atoms with Crippen LogP contribution in [0.2, 0.25) is 0 Å². The first-order valence-corrected chi connectivity index (χ1v) is 12.4. The topological polar surface area (TPSA) is 121 Å². The largest absolute Gasteiger partial charge is 0.369 e. The first-order chi connectivity index (χ1) is 14.0. The van der Waals surface area contributed by atoms with E-state index in [9.17, 15) is 22.8 Å². The molecule has 0 aromatic carbocycles. The molecule has 3 heterocycles. The minimum absolute atomic E-state index is 0.0688. The van der Waals surface area contributed by atoms with Crippen LogP contribution in [0.4, 0.5) is 0 Å². The van der Waals surface area contributed by atoms with Crippen molar-refractivity contribution in [2.75, 3.05) is 32.4 Å². The van der Waals surface area contributed by atoms with Crippen LogP contribution < -0.4 is 5.73 Å². The average molecular weight is 441 g/mol. The summed E-state index contributed by atoms with van der Waals surface area (Å²) in [6.45, 7) is 6.32. The summed E-state index contributed by atoms with van der Waals surface area (Å²) in [5, 5.41) is 0. The molecule has 168 valence electrons. The Morgan fingerprint density at radius 1 is 1.17 bits per heavy atom. The molecule has 3 saturated heterocycles.